The molecule has 2 saturated heterocycles. The van der Waals surface area contributed by atoms with Gasteiger partial charge in [-0.3, -0.25) is 15.7 Å². The smallest absolute Gasteiger partial charge is 0.291 e. The lowest BCUT2D eigenvalue weighted by Gasteiger charge is -2.42. The van der Waals surface area contributed by atoms with Crippen molar-refractivity contribution in [1.29, 1.82) is 10.8 Å². The van der Waals surface area contributed by atoms with Crippen molar-refractivity contribution < 1.29 is 9.47 Å². The number of rotatable bonds is 3. The van der Waals surface area contributed by atoms with Crippen LogP contribution in [-0.4, -0.2) is 86.1 Å². The maximum Gasteiger partial charge on any atom is 0.291 e. The fraction of sp³-hybridized carbons (Fsp3) is 0.600. The van der Waals surface area contributed by atoms with E-state index in [1.165, 1.54) is 0 Å². The number of methoxy groups -OCH3 is 1. The second kappa shape index (κ2) is 8.71. The van der Waals surface area contributed by atoms with Gasteiger partial charge in [-0.1, -0.05) is 6.07 Å². The Bertz CT molecular complexity index is 677. The lowest BCUT2D eigenvalue weighted by Crippen LogP contribution is -2.53. The summed E-state index contributed by atoms with van der Waals surface area (Å²) >= 11 is 0. The first-order valence-corrected chi connectivity index (χ1v) is 9.65. The number of aryl methyl sites for hydroxylation is 1. The van der Waals surface area contributed by atoms with Gasteiger partial charge in [0.15, 0.2) is 0 Å². The monoisotopic (exact) mass is 373 g/mol. The van der Waals surface area contributed by atoms with E-state index in [2.05, 4.69) is 16.8 Å². The lowest BCUT2D eigenvalue weighted by molar-refractivity contribution is 0.0786. The number of hydrogen-bond acceptors (Lipinski definition) is 6. The summed E-state index contributed by atoms with van der Waals surface area (Å²) in [7, 11) is 3.79. The molecule has 2 fully saturated rings. The first-order chi connectivity index (χ1) is 13.0. The molecule has 2 aliphatic heterocycles. The molecule has 0 radical (unpaired) electrons. The summed E-state index contributed by atoms with van der Waals surface area (Å²) in [5.41, 5.74) is 1.63. The molecule has 0 aliphatic carbocycles. The highest BCUT2D eigenvalue weighted by molar-refractivity contribution is 5.99. The highest BCUT2D eigenvalue weighted by Crippen LogP contribution is 2.21. The van der Waals surface area contributed by atoms with Gasteiger partial charge in [-0.25, -0.2) is 0 Å². The fourth-order valence-corrected chi connectivity index (χ4v) is 3.80. The van der Waals surface area contributed by atoms with Gasteiger partial charge in [0.05, 0.1) is 7.11 Å². The Kier molecular flexibility index (Phi) is 6.34. The Labute approximate surface area is 161 Å². The number of benzene rings is 1. The van der Waals surface area contributed by atoms with E-state index in [1.54, 1.807) is 13.2 Å². The first kappa shape index (κ1) is 19.6. The molecule has 0 unspecified atom stereocenters. The maximum atomic E-state index is 8.25. The number of ether oxygens (including phenoxy) is 2. The summed E-state index contributed by atoms with van der Waals surface area (Å²) in [4.78, 5) is 6.90. The average Bonchev–Trinajstić information content (AvgIpc) is 2.69. The highest BCUT2D eigenvalue weighted by atomic mass is 16.5. The SMILES string of the molecule is COc1cc(C(=N)OC(=N)N2CCC(N3CCN(C)CC3)CC2)ccc1C. The summed E-state index contributed by atoms with van der Waals surface area (Å²) in [6.45, 7) is 8.11. The zero-order valence-corrected chi connectivity index (χ0v) is 16.6. The maximum absolute atomic E-state index is 8.25. The van der Waals surface area contributed by atoms with E-state index in [0.29, 0.717) is 11.6 Å². The van der Waals surface area contributed by atoms with Gasteiger partial charge < -0.3 is 19.3 Å². The zero-order chi connectivity index (χ0) is 19.4. The van der Waals surface area contributed by atoms with Gasteiger partial charge in [0, 0.05) is 50.9 Å². The van der Waals surface area contributed by atoms with Crippen molar-refractivity contribution in [2.75, 3.05) is 53.4 Å². The number of piperazine rings is 1. The van der Waals surface area contributed by atoms with Crippen molar-refractivity contribution in [2.45, 2.75) is 25.8 Å². The molecule has 3 rings (SSSR count). The van der Waals surface area contributed by atoms with Crippen LogP contribution in [0, 0.1) is 17.7 Å². The molecule has 2 N–H and O–H groups in total. The molecule has 0 saturated carbocycles. The third-order valence-electron chi connectivity index (χ3n) is 5.67. The van der Waals surface area contributed by atoms with E-state index in [-0.39, 0.29) is 11.9 Å². The Morgan fingerprint density at radius 2 is 1.70 bits per heavy atom. The number of nitrogens with zero attached hydrogens (tertiary/aromatic N) is 3. The van der Waals surface area contributed by atoms with Crippen LogP contribution in [0.15, 0.2) is 18.2 Å². The van der Waals surface area contributed by atoms with Crippen LogP contribution in [0.5, 0.6) is 5.75 Å². The van der Waals surface area contributed by atoms with E-state index < -0.39 is 0 Å². The average molecular weight is 374 g/mol. The molecule has 0 atom stereocenters. The standard InChI is InChI=1S/C20H31N5O2/c1-15-4-5-16(14-18(15)26-3)19(21)27-20(22)25-8-6-17(7-9-25)24-12-10-23(2)11-13-24/h4-5,14,17,21-22H,6-13H2,1-3H3. The van der Waals surface area contributed by atoms with Crippen molar-refractivity contribution in [2.24, 2.45) is 0 Å². The zero-order valence-electron chi connectivity index (χ0n) is 16.6. The normalized spacial score (nSPS) is 19.7. The topological polar surface area (TPSA) is 75.9 Å². The van der Waals surface area contributed by atoms with Crippen molar-refractivity contribution in [1.82, 2.24) is 14.7 Å². The van der Waals surface area contributed by atoms with Crippen LogP contribution >= 0.6 is 0 Å². The van der Waals surface area contributed by atoms with Crippen molar-refractivity contribution >= 4 is 11.9 Å². The third-order valence-corrected chi connectivity index (χ3v) is 5.67. The molecule has 7 nitrogen and oxygen atoms in total. The fourth-order valence-electron chi connectivity index (χ4n) is 3.80. The van der Waals surface area contributed by atoms with Crippen LogP contribution in [0.25, 0.3) is 0 Å². The van der Waals surface area contributed by atoms with Crippen LogP contribution in [0.3, 0.4) is 0 Å². The molecule has 2 heterocycles. The van der Waals surface area contributed by atoms with Crippen LogP contribution in [-0.2, 0) is 4.74 Å². The van der Waals surface area contributed by atoms with Crippen LogP contribution in [0.2, 0.25) is 0 Å². The van der Waals surface area contributed by atoms with Crippen LogP contribution in [0.1, 0.15) is 24.0 Å². The van der Waals surface area contributed by atoms with Crippen molar-refractivity contribution in [3.8, 4) is 5.75 Å². The molecule has 0 aromatic heterocycles. The molecule has 0 amide bonds. The molecule has 1 aromatic carbocycles. The predicted molar refractivity (Wildman–Crippen MR) is 107 cm³/mol. The Balaban J connectivity index is 1.50. The van der Waals surface area contributed by atoms with E-state index in [4.69, 9.17) is 20.3 Å². The molecule has 1 aromatic rings. The van der Waals surface area contributed by atoms with Crippen molar-refractivity contribution in [3.05, 3.63) is 29.3 Å². The van der Waals surface area contributed by atoms with Gasteiger partial charge >= 0.3 is 0 Å². The molecular weight excluding hydrogens is 342 g/mol. The first-order valence-electron chi connectivity index (χ1n) is 9.65. The molecule has 27 heavy (non-hydrogen) atoms. The van der Waals surface area contributed by atoms with E-state index in [1.807, 2.05) is 24.0 Å². The highest BCUT2D eigenvalue weighted by Gasteiger charge is 2.28. The lowest BCUT2D eigenvalue weighted by atomic mass is 10.0. The number of likely N-dealkylation sites (tertiary alicyclic amines) is 1. The van der Waals surface area contributed by atoms with Crippen LogP contribution in [0.4, 0.5) is 0 Å². The van der Waals surface area contributed by atoms with Gasteiger partial charge in [0.25, 0.3) is 6.02 Å². The van der Waals surface area contributed by atoms with E-state index >= 15 is 0 Å². The van der Waals surface area contributed by atoms with Gasteiger partial charge in [0.2, 0.25) is 5.90 Å². The van der Waals surface area contributed by atoms with Gasteiger partial charge in [-0.2, -0.15) is 0 Å². The summed E-state index contributed by atoms with van der Waals surface area (Å²) in [6, 6.07) is 6.18. The summed E-state index contributed by atoms with van der Waals surface area (Å²) in [6.07, 6.45) is 2.09. The molecule has 148 valence electrons. The second-order valence-electron chi connectivity index (χ2n) is 7.48. The van der Waals surface area contributed by atoms with E-state index in [9.17, 15) is 0 Å². The van der Waals surface area contributed by atoms with Gasteiger partial charge in [0.1, 0.15) is 5.75 Å². The Hall–Kier alpha value is -2.12. The minimum absolute atomic E-state index is 0.0144. The van der Waals surface area contributed by atoms with E-state index in [0.717, 1.165) is 63.4 Å². The van der Waals surface area contributed by atoms with Gasteiger partial charge in [-0.15, -0.1) is 0 Å². The molecule has 0 spiro atoms. The number of nitrogens with one attached hydrogen (secondary N) is 2. The Morgan fingerprint density at radius 3 is 2.33 bits per heavy atom. The second-order valence-corrected chi connectivity index (χ2v) is 7.48. The quantitative estimate of drug-likeness (QED) is 0.626. The van der Waals surface area contributed by atoms with Crippen molar-refractivity contribution in [3.63, 3.8) is 0 Å². The molecule has 2 aliphatic rings. The number of hydrogen-bond donors (Lipinski definition) is 2. The minimum atomic E-state index is -0.0144. The van der Waals surface area contributed by atoms with Gasteiger partial charge in [-0.05, 0) is 44.5 Å². The molecular formula is C20H31N5O2. The minimum Gasteiger partial charge on any atom is -0.496 e. The summed E-state index contributed by atoms with van der Waals surface area (Å²) in [5.74, 6) is 0.708. The largest absolute Gasteiger partial charge is 0.496 e. The summed E-state index contributed by atoms with van der Waals surface area (Å²) < 4.78 is 10.8. The molecule has 0 bridgehead atoms. The third kappa shape index (κ3) is 4.78. The number of amidine groups is 1. The van der Waals surface area contributed by atoms with Crippen LogP contribution < -0.4 is 4.74 Å². The number of piperidine rings is 1. The number of likely N-dealkylation sites (N-methyl/N-ethyl adjacent to an activating group) is 1. The predicted octanol–water partition coefficient (Wildman–Crippen LogP) is 1.99. The Morgan fingerprint density at radius 1 is 1.04 bits per heavy atom. The molecule has 7 heteroatoms. The summed E-state index contributed by atoms with van der Waals surface area (Å²) in [5, 5.41) is 16.4.